The third-order valence-electron chi connectivity index (χ3n) is 4.46. The van der Waals surface area contributed by atoms with E-state index in [9.17, 15) is 13.2 Å². The van der Waals surface area contributed by atoms with Gasteiger partial charge in [0, 0.05) is 32.9 Å². The predicted octanol–water partition coefficient (Wildman–Crippen LogP) is 1.40. The van der Waals surface area contributed by atoms with Crippen molar-refractivity contribution in [2.75, 3.05) is 32.1 Å². The second-order valence-electron chi connectivity index (χ2n) is 6.21. The van der Waals surface area contributed by atoms with Crippen LogP contribution in [-0.2, 0) is 26.0 Å². The summed E-state index contributed by atoms with van der Waals surface area (Å²) in [5.74, 6) is 0.00931. The Bertz CT molecular complexity index is 709. The Balaban J connectivity index is 1.85. The van der Waals surface area contributed by atoms with E-state index in [1.807, 2.05) is 6.07 Å². The van der Waals surface area contributed by atoms with Crippen LogP contribution in [0.15, 0.2) is 23.1 Å². The average Bonchev–Trinajstić information content (AvgIpc) is 3.15. The molecule has 6 nitrogen and oxygen atoms in total. The molecule has 0 unspecified atom stereocenters. The lowest BCUT2D eigenvalue weighted by molar-refractivity contribution is -0.120. The maximum absolute atomic E-state index is 12.5. The van der Waals surface area contributed by atoms with Crippen LogP contribution >= 0.6 is 0 Å². The van der Waals surface area contributed by atoms with Gasteiger partial charge in [0.1, 0.15) is 0 Å². The summed E-state index contributed by atoms with van der Waals surface area (Å²) in [6.45, 7) is 1.33. The first-order chi connectivity index (χ1) is 10.9. The summed E-state index contributed by atoms with van der Waals surface area (Å²) in [6.07, 6.45) is 3.04. The molecule has 1 aromatic rings. The van der Waals surface area contributed by atoms with Gasteiger partial charge >= 0.3 is 0 Å². The molecule has 0 bridgehead atoms. The second kappa shape index (κ2) is 6.22. The molecule has 0 N–H and O–H groups in total. The van der Waals surface area contributed by atoms with Crippen molar-refractivity contribution in [1.29, 1.82) is 0 Å². The quantitative estimate of drug-likeness (QED) is 0.832. The number of hydrogen-bond acceptors (Lipinski definition) is 4. The highest BCUT2D eigenvalue weighted by molar-refractivity contribution is 7.89. The zero-order valence-electron chi connectivity index (χ0n) is 13.5. The smallest absolute Gasteiger partial charge is 0.242 e. The minimum absolute atomic E-state index is 0.000223. The zero-order valence-corrected chi connectivity index (χ0v) is 14.3. The molecule has 2 aliphatic rings. The molecule has 23 heavy (non-hydrogen) atoms. The molecular formula is C16H22N2O4S. The standard InChI is InChI=1S/C16H22N2O4S/c1-17(2)23(20,21)14-6-5-12-7-8-18(15(12)11-14)16(19)10-13-4-3-9-22-13/h5-6,11,13H,3-4,7-10H2,1-2H3/t13-/m1/s1. The van der Waals surface area contributed by atoms with E-state index in [0.29, 0.717) is 13.0 Å². The number of carbonyl (C=O) groups excluding carboxylic acids is 1. The van der Waals surface area contributed by atoms with E-state index in [1.165, 1.54) is 18.4 Å². The third kappa shape index (κ3) is 3.13. The van der Waals surface area contributed by atoms with Gasteiger partial charge in [-0.05, 0) is 37.0 Å². The summed E-state index contributed by atoms with van der Waals surface area (Å²) in [4.78, 5) is 14.5. The van der Waals surface area contributed by atoms with Crippen LogP contribution in [0.1, 0.15) is 24.8 Å². The molecule has 1 amide bonds. The van der Waals surface area contributed by atoms with Gasteiger partial charge in [-0.25, -0.2) is 12.7 Å². The molecule has 2 heterocycles. The van der Waals surface area contributed by atoms with E-state index in [-0.39, 0.29) is 16.9 Å². The molecule has 1 fully saturated rings. The molecule has 0 aliphatic carbocycles. The lowest BCUT2D eigenvalue weighted by atomic mass is 10.1. The lowest BCUT2D eigenvalue weighted by Crippen LogP contribution is -2.32. The summed E-state index contributed by atoms with van der Waals surface area (Å²) in [7, 11) is -0.494. The van der Waals surface area contributed by atoms with Gasteiger partial charge in [-0.15, -0.1) is 0 Å². The largest absolute Gasteiger partial charge is 0.378 e. The van der Waals surface area contributed by atoms with Crippen LogP contribution in [0.3, 0.4) is 0 Å². The fourth-order valence-electron chi connectivity index (χ4n) is 3.10. The van der Waals surface area contributed by atoms with Crippen LogP contribution in [0.25, 0.3) is 0 Å². The first-order valence-electron chi connectivity index (χ1n) is 7.87. The summed E-state index contributed by atoms with van der Waals surface area (Å²) < 4.78 is 31.3. The van der Waals surface area contributed by atoms with Crippen LogP contribution in [0.4, 0.5) is 5.69 Å². The Hall–Kier alpha value is -1.44. The number of carbonyl (C=O) groups is 1. The van der Waals surface area contributed by atoms with Gasteiger partial charge in [-0.1, -0.05) is 6.07 Å². The maximum atomic E-state index is 12.5. The SMILES string of the molecule is CN(C)S(=O)(=O)c1ccc2c(c1)N(C(=O)C[C@H]1CCCO1)CC2. The number of benzene rings is 1. The van der Waals surface area contributed by atoms with Gasteiger partial charge in [0.2, 0.25) is 15.9 Å². The minimum atomic E-state index is -3.50. The molecule has 3 rings (SSSR count). The Kier molecular flexibility index (Phi) is 4.44. The predicted molar refractivity (Wildman–Crippen MR) is 87.0 cm³/mol. The first kappa shape index (κ1) is 16.4. The molecule has 0 aromatic heterocycles. The summed E-state index contributed by atoms with van der Waals surface area (Å²) in [5.41, 5.74) is 1.74. The second-order valence-corrected chi connectivity index (χ2v) is 8.36. The topological polar surface area (TPSA) is 66.9 Å². The van der Waals surface area contributed by atoms with Gasteiger partial charge < -0.3 is 9.64 Å². The van der Waals surface area contributed by atoms with Crippen molar-refractivity contribution < 1.29 is 17.9 Å². The number of anilines is 1. The van der Waals surface area contributed by atoms with Crippen molar-refractivity contribution in [2.24, 2.45) is 0 Å². The molecule has 2 aliphatic heterocycles. The van der Waals surface area contributed by atoms with Crippen molar-refractivity contribution in [2.45, 2.75) is 36.7 Å². The minimum Gasteiger partial charge on any atom is -0.378 e. The van der Waals surface area contributed by atoms with Crippen LogP contribution in [-0.4, -0.2) is 52.0 Å². The van der Waals surface area contributed by atoms with Crippen molar-refractivity contribution in [3.8, 4) is 0 Å². The zero-order chi connectivity index (χ0) is 16.6. The fraction of sp³-hybridized carbons (Fsp3) is 0.562. The van der Waals surface area contributed by atoms with Gasteiger partial charge in [0.15, 0.2) is 0 Å². The van der Waals surface area contributed by atoms with Crippen LogP contribution in [0.2, 0.25) is 0 Å². The van der Waals surface area contributed by atoms with Gasteiger partial charge in [-0.2, -0.15) is 0 Å². The Morgan fingerprint density at radius 3 is 2.83 bits per heavy atom. The van der Waals surface area contributed by atoms with E-state index in [0.717, 1.165) is 37.1 Å². The highest BCUT2D eigenvalue weighted by atomic mass is 32.2. The van der Waals surface area contributed by atoms with E-state index < -0.39 is 10.0 Å². The average molecular weight is 338 g/mol. The maximum Gasteiger partial charge on any atom is 0.242 e. The molecule has 0 radical (unpaired) electrons. The Morgan fingerprint density at radius 1 is 1.39 bits per heavy atom. The van der Waals surface area contributed by atoms with E-state index in [1.54, 1.807) is 17.0 Å². The first-order valence-corrected chi connectivity index (χ1v) is 9.31. The lowest BCUT2D eigenvalue weighted by Gasteiger charge is -2.20. The monoisotopic (exact) mass is 338 g/mol. The van der Waals surface area contributed by atoms with Crippen molar-refractivity contribution >= 4 is 21.6 Å². The van der Waals surface area contributed by atoms with Crippen molar-refractivity contribution in [1.82, 2.24) is 4.31 Å². The molecular weight excluding hydrogens is 316 g/mol. The number of amides is 1. The van der Waals surface area contributed by atoms with Crippen LogP contribution in [0, 0.1) is 0 Å². The normalized spacial score (nSPS) is 21.0. The van der Waals surface area contributed by atoms with E-state index in [4.69, 9.17) is 4.74 Å². The molecule has 7 heteroatoms. The van der Waals surface area contributed by atoms with Crippen LogP contribution < -0.4 is 4.90 Å². The number of rotatable bonds is 4. The molecule has 1 saturated heterocycles. The summed E-state index contributed by atoms with van der Waals surface area (Å²) in [5, 5.41) is 0. The van der Waals surface area contributed by atoms with Gasteiger partial charge in [0.05, 0.1) is 17.4 Å². The summed E-state index contributed by atoms with van der Waals surface area (Å²) in [6, 6.07) is 5.04. The molecule has 0 spiro atoms. The Labute approximate surface area is 137 Å². The number of fused-ring (bicyclic) bond motifs is 1. The van der Waals surface area contributed by atoms with E-state index >= 15 is 0 Å². The molecule has 1 aromatic carbocycles. The molecule has 1 atom stereocenters. The summed E-state index contributed by atoms with van der Waals surface area (Å²) >= 11 is 0. The van der Waals surface area contributed by atoms with Gasteiger partial charge in [-0.3, -0.25) is 4.79 Å². The highest BCUT2D eigenvalue weighted by Gasteiger charge is 2.29. The third-order valence-corrected chi connectivity index (χ3v) is 6.27. The van der Waals surface area contributed by atoms with E-state index in [2.05, 4.69) is 0 Å². The number of nitrogens with zero attached hydrogens (tertiary/aromatic N) is 2. The Morgan fingerprint density at radius 2 is 2.17 bits per heavy atom. The van der Waals surface area contributed by atoms with Crippen molar-refractivity contribution in [3.05, 3.63) is 23.8 Å². The fourth-order valence-corrected chi connectivity index (χ4v) is 4.02. The molecule has 0 saturated carbocycles. The van der Waals surface area contributed by atoms with Crippen molar-refractivity contribution in [3.63, 3.8) is 0 Å². The number of sulfonamides is 1. The number of hydrogen-bond donors (Lipinski definition) is 0. The highest BCUT2D eigenvalue weighted by Crippen LogP contribution is 2.32. The van der Waals surface area contributed by atoms with Gasteiger partial charge in [0.25, 0.3) is 0 Å². The molecule has 126 valence electrons. The van der Waals surface area contributed by atoms with Crippen LogP contribution in [0.5, 0.6) is 0 Å². The number of ether oxygens (including phenoxy) is 1.